The van der Waals surface area contributed by atoms with Crippen LogP contribution >= 0.6 is 35.7 Å². The van der Waals surface area contributed by atoms with Crippen molar-refractivity contribution < 1.29 is 4.74 Å². The van der Waals surface area contributed by atoms with Gasteiger partial charge in [-0.2, -0.15) is 0 Å². The molecule has 1 aliphatic carbocycles. The van der Waals surface area contributed by atoms with Crippen molar-refractivity contribution in [2.45, 2.75) is 42.2 Å². The van der Waals surface area contributed by atoms with Crippen LogP contribution in [0.15, 0.2) is 40.2 Å². The first-order valence-electron chi connectivity index (χ1n) is 10.4. The molecule has 5 nitrogen and oxygen atoms in total. The molecule has 1 saturated carbocycles. The van der Waals surface area contributed by atoms with E-state index < -0.39 is 0 Å². The first-order valence-corrected chi connectivity index (χ1v) is 11.2. The zero-order valence-electron chi connectivity index (χ0n) is 17.0. The van der Waals surface area contributed by atoms with Gasteiger partial charge in [-0.1, -0.05) is 18.2 Å². The van der Waals surface area contributed by atoms with Gasteiger partial charge in [0.15, 0.2) is 5.96 Å². The predicted octanol–water partition coefficient (Wildman–Crippen LogP) is 3.60. The summed E-state index contributed by atoms with van der Waals surface area (Å²) in [4.78, 5) is 8.73. The van der Waals surface area contributed by atoms with Crippen LogP contribution in [0.1, 0.15) is 32.6 Å². The molecule has 7 heteroatoms. The third-order valence-electron chi connectivity index (χ3n) is 5.05. The summed E-state index contributed by atoms with van der Waals surface area (Å²) in [5.74, 6) is 0.962. The second-order valence-corrected chi connectivity index (χ2v) is 8.92. The molecule has 0 aromatic heterocycles. The molecule has 1 heterocycles. The predicted molar refractivity (Wildman–Crippen MR) is 130 cm³/mol. The van der Waals surface area contributed by atoms with Gasteiger partial charge >= 0.3 is 0 Å². The first-order chi connectivity index (χ1) is 13.3. The Balaban J connectivity index is 0.00000280. The van der Waals surface area contributed by atoms with E-state index in [9.17, 15) is 0 Å². The lowest BCUT2D eigenvalue weighted by Crippen LogP contribution is -2.39. The molecule has 1 aromatic rings. The van der Waals surface area contributed by atoms with Crippen molar-refractivity contribution >= 4 is 41.7 Å². The quantitative estimate of drug-likeness (QED) is 0.215. The molecule has 0 radical (unpaired) electrons. The van der Waals surface area contributed by atoms with Gasteiger partial charge in [0.2, 0.25) is 0 Å². The molecule has 2 fully saturated rings. The molecule has 0 unspecified atom stereocenters. The first kappa shape index (κ1) is 23.8. The number of hydrogen-bond donors (Lipinski definition) is 2. The zero-order valence-corrected chi connectivity index (χ0v) is 20.1. The van der Waals surface area contributed by atoms with Gasteiger partial charge < -0.3 is 15.4 Å². The van der Waals surface area contributed by atoms with Crippen LogP contribution in [0, 0.1) is 0 Å². The van der Waals surface area contributed by atoms with Gasteiger partial charge in [-0.25, -0.2) is 0 Å². The Morgan fingerprint density at radius 1 is 1.14 bits per heavy atom. The second-order valence-electron chi connectivity index (χ2n) is 7.38. The van der Waals surface area contributed by atoms with Gasteiger partial charge in [0.05, 0.1) is 19.8 Å². The summed E-state index contributed by atoms with van der Waals surface area (Å²) in [7, 11) is 0. The van der Waals surface area contributed by atoms with E-state index in [1.54, 1.807) is 0 Å². The Kier molecular flexibility index (Phi) is 11.0. The van der Waals surface area contributed by atoms with Crippen molar-refractivity contribution in [1.82, 2.24) is 15.5 Å². The smallest absolute Gasteiger partial charge is 0.191 e. The normalized spacial score (nSPS) is 19.0. The third-order valence-corrected chi connectivity index (χ3v) is 6.53. The summed E-state index contributed by atoms with van der Waals surface area (Å²) in [5, 5.41) is 6.90. The fourth-order valence-electron chi connectivity index (χ4n) is 3.23. The van der Waals surface area contributed by atoms with Crippen LogP contribution in [-0.2, 0) is 4.74 Å². The molecule has 0 spiro atoms. The lowest BCUT2D eigenvalue weighted by atomic mass is 10.3. The Morgan fingerprint density at radius 2 is 1.89 bits per heavy atom. The Hall–Kier alpha value is -0.510. The fourth-order valence-corrected chi connectivity index (χ4v) is 4.46. The fraction of sp³-hybridized carbons (Fsp3) is 0.667. The number of thioether (sulfide) groups is 1. The van der Waals surface area contributed by atoms with Gasteiger partial charge in [-0.3, -0.25) is 9.89 Å². The summed E-state index contributed by atoms with van der Waals surface area (Å²) < 4.78 is 5.71. The number of unbranched alkanes of at least 4 members (excludes halogenated alkanes) is 1. The molecule has 2 aliphatic rings. The topological polar surface area (TPSA) is 48.9 Å². The van der Waals surface area contributed by atoms with Crippen LogP contribution < -0.4 is 10.6 Å². The Labute approximate surface area is 191 Å². The maximum atomic E-state index is 5.40. The molecule has 2 N–H and O–H groups in total. The van der Waals surface area contributed by atoms with Gasteiger partial charge in [0.25, 0.3) is 0 Å². The summed E-state index contributed by atoms with van der Waals surface area (Å²) in [6, 6.07) is 10.7. The minimum Gasteiger partial charge on any atom is -0.379 e. The highest BCUT2D eigenvalue weighted by atomic mass is 127. The van der Waals surface area contributed by atoms with E-state index in [0.717, 1.165) is 51.9 Å². The average molecular weight is 519 g/mol. The molecule has 1 saturated heterocycles. The summed E-state index contributed by atoms with van der Waals surface area (Å²) in [5.41, 5.74) is 0. The van der Waals surface area contributed by atoms with Crippen molar-refractivity contribution in [3.63, 3.8) is 0 Å². The standard InChI is InChI=1S/C21H34N4OS.HI/c1-2-22-20(23-12-6-7-13-25-14-16-26-17-15-25)24-18-21(10-11-21)27-19-8-4-3-5-9-19;/h3-5,8-9H,2,6-7,10-18H2,1H3,(H2,22,23,24);1H. The number of guanidine groups is 1. The number of hydrogen-bond acceptors (Lipinski definition) is 4. The minimum absolute atomic E-state index is 0. The molecule has 28 heavy (non-hydrogen) atoms. The minimum atomic E-state index is 0. The number of halogens is 1. The highest BCUT2D eigenvalue weighted by Crippen LogP contribution is 2.51. The summed E-state index contributed by atoms with van der Waals surface area (Å²) in [6.45, 7) is 10.0. The van der Waals surface area contributed by atoms with E-state index in [4.69, 9.17) is 9.73 Å². The monoisotopic (exact) mass is 518 g/mol. The van der Waals surface area contributed by atoms with Crippen LogP contribution in [-0.4, -0.2) is 68.1 Å². The van der Waals surface area contributed by atoms with Gasteiger partial charge in [-0.05, 0) is 51.3 Å². The molecule has 158 valence electrons. The van der Waals surface area contributed by atoms with E-state index in [-0.39, 0.29) is 24.0 Å². The van der Waals surface area contributed by atoms with Crippen molar-refractivity contribution in [1.29, 1.82) is 0 Å². The number of benzene rings is 1. The number of aliphatic imine (C=N–C) groups is 1. The molecule has 1 aromatic carbocycles. The second kappa shape index (κ2) is 12.9. The molecular formula is C21H35IN4OS. The van der Waals surface area contributed by atoms with Crippen LogP contribution in [0.2, 0.25) is 0 Å². The van der Waals surface area contributed by atoms with Crippen LogP contribution in [0.5, 0.6) is 0 Å². The average Bonchev–Trinajstić information content (AvgIpc) is 3.47. The number of nitrogens with one attached hydrogen (secondary N) is 2. The van der Waals surface area contributed by atoms with Crippen LogP contribution in [0.4, 0.5) is 0 Å². The van der Waals surface area contributed by atoms with E-state index >= 15 is 0 Å². The Morgan fingerprint density at radius 3 is 2.57 bits per heavy atom. The molecule has 3 rings (SSSR count). The van der Waals surface area contributed by atoms with Crippen molar-refractivity contribution in [2.24, 2.45) is 4.99 Å². The summed E-state index contributed by atoms with van der Waals surface area (Å²) in [6.07, 6.45) is 4.91. The van der Waals surface area contributed by atoms with Gasteiger partial charge in [0, 0.05) is 35.8 Å². The van der Waals surface area contributed by atoms with Crippen LogP contribution in [0.3, 0.4) is 0 Å². The van der Waals surface area contributed by atoms with Gasteiger partial charge in [0.1, 0.15) is 0 Å². The molecule has 0 amide bonds. The van der Waals surface area contributed by atoms with Crippen LogP contribution in [0.25, 0.3) is 0 Å². The summed E-state index contributed by atoms with van der Waals surface area (Å²) >= 11 is 1.99. The Bertz CT molecular complexity index is 577. The highest BCUT2D eigenvalue weighted by molar-refractivity contribution is 14.0. The molecule has 0 bridgehead atoms. The largest absolute Gasteiger partial charge is 0.379 e. The zero-order chi connectivity index (χ0) is 18.8. The molecule has 0 atom stereocenters. The third kappa shape index (κ3) is 8.47. The van der Waals surface area contributed by atoms with E-state index in [1.807, 2.05) is 11.8 Å². The van der Waals surface area contributed by atoms with E-state index in [1.165, 1.54) is 37.1 Å². The molecular weight excluding hydrogens is 483 g/mol. The molecule has 1 aliphatic heterocycles. The van der Waals surface area contributed by atoms with Crippen molar-refractivity contribution in [3.05, 3.63) is 30.3 Å². The number of rotatable bonds is 10. The number of ether oxygens (including phenoxy) is 1. The SMILES string of the molecule is CCNC(=NCC1(Sc2ccccc2)CC1)NCCCCN1CCOCC1.I. The van der Waals surface area contributed by atoms with Crippen molar-refractivity contribution in [3.8, 4) is 0 Å². The highest BCUT2D eigenvalue weighted by Gasteiger charge is 2.43. The maximum absolute atomic E-state index is 5.40. The number of nitrogens with zero attached hydrogens (tertiary/aromatic N) is 2. The maximum Gasteiger partial charge on any atom is 0.191 e. The van der Waals surface area contributed by atoms with E-state index in [2.05, 4.69) is 52.8 Å². The lowest BCUT2D eigenvalue weighted by molar-refractivity contribution is 0.0372. The van der Waals surface area contributed by atoms with E-state index in [0.29, 0.717) is 4.75 Å². The van der Waals surface area contributed by atoms with Gasteiger partial charge in [-0.15, -0.1) is 35.7 Å². The lowest BCUT2D eigenvalue weighted by Gasteiger charge is -2.26. The van der Waals surface area contributed by atoms with Crippen molar-refractivity contribution in [2.75, 3.05) is 52.5 Å². The number of morpholine rings is 1.